The van der Waals surface area contributed by atoms with E-state index in [1.807, 2.05) is 0 Å². The van der Waals surface area contributed by atoms with Gasteiger partial charge in [0, 0.05) is 36.0 Å². The SMILES string of the molecule is COCCOc1cc2nccc(N=C(N)C(C)=C(C)N)c2cc1S(=O)(=O)C(C)(C)C. The van der Waals surface area contributed by atoms with E-state index in [-0.39, 0.29) is 23.1 Å². The summed E-state index contributed by atoms with van der Waals surface area (Å²) >= 11 is 0. The van der Waals surface area contributed by atoms with Gasteiger partial charge >= 0.3 is 0 Å². The van der Waals surface area contributed by atoms with Crippen LogP contribution in [0, 0.1) is 0 Å². The number of nitrogens with two attached hydrogens (primary N) is 2. The molecule has 0 saturated heterocycles. The monoisotopic (exact) mass is 434 g/mol. The van der Waals surface area contributed by atoms with E-state index < -0.39 is 14.6 Å². The fourth-order valence-corrected chi connectivity index (χ4v) is 3.86. The lowest BCUT2D eigenvalue weighted by Crippen LogP contribution is -2.28. The molecule has 0 aliphatic carbocycles. The first-order valence-electron chi connectivity index (χ1n) is 9.46. The molecule has 0 radical (unpaired) electrons. The molecule has 0 aliphatic heterocycles. The van der Waals surface area contributed by atoms with E-state index in [9.17, 15) is 8.42 Å². The zero-order chi connectivity index (χ0) is 22.7. The van der Waals surface area contributed by atoms with Crippen molar-refractivity contribution < 1.29 is 17.9 Å². The number of rotatable bonds is 7. The highest BCUT2D eigenvalue weighted by atomic mass is 32.2. The largest absolute Gasteiger partial charge is 0.490 e. The summed E-state index contributed by atoms with van der Waals surface area (Å²) in [6.45, 7) is 8.97. The Morgan fingerprint density at radius 1 is 1.17 bits per heavy atom. The number of amidine groups is 1. The van der Waals surface area contributed by atoms with Crippen molar-refractivity contribution in [2.45, 2.75) is 44.3 Å². The van der Waals surface area contributed by atoms with Gasteiger partial charge in [-0.1, -0.05) is 0 Å². The van der Waals surface area contributed by atoms with Crippen LogP contribution in [0.2, 0.25) is 0 Å². The molecule has 4 N–H and O–H groups in total. The van der Waals surface area contributed by atoms with Gasteiger partial charge in [0.2, 0.25) is 0 Å². The molecule has 2 rings (SSSR count). The van der Waals surface area contributed by atoms with E-state index >= 15 is 0 Å². The predicted molar refractivity (Wildman–Crippen MR) is 120 cm³/mol. The van der Waals surface area contributed by atoms with E-state index in [0.717, 1.165) is 0 Å². The van der Waals surface area contributed by atoms with Crippen LogP contribution in [0.3, 0.4) is 0 Å². The van der Waals surface area contributed by atoms with Gasteiger partial charge in [0.1, 0.15) is 23.1 Å². The number of aliphatic imine (C=N–C) groups is 1. The minimum Gasteiger partial charge on any atom is -0.490 e. The first-order valence-corrected chi connectivity index (χ1v) is 10.9. The number of hydrogen-bond acceptors (Lipinski definition) is 7. The summed E-state index contributed by atoms with van der Waals surface area (Å²) in [5.41, 5.74) is 14.1. The Balaban J connectivity index is 2.78. The fraction of sp³-hybridized carbons (Fsp3) is 0.429. The lowest BCUT2D eigenvalue weighted by atomic mass is 10.1. The molecule has 0 fully saturated rings. The second-order valence-electron chi connectivity index (χ2n) is 7.91. The number of fused-ring (bicyclic) bond motifs is 1. The van der Waals surface area contributed by atoms with Gasteiger partial charge in [-0.05, 0) is 46.8 Å². The number of nitrogens with zero attached hydrogens (tertiary/aromatic N) is 2. The van der Waals surface area contributed by atoms with Gasteiger partial charge in [0.15, 0.2) is 9.84 Å². The van der Waals surface area contributed by atoms with Crippen LogP contribution in [0.25, 0.3) is 10.9 Å². The summed E-state index contributed by atoms with van der Waals surface area (Å²) in [6, 6.07) is 4.83. The third-order valence-electron chi connectivity index (χ3n) is 4.64. The Bertz CT molecular complexity index is 1100. The van der Waals surface area contributed by atoms with Crippen LogP contribution in [0.5, 0.6) is 5.75 Å². The highest BCUT2D eigenvalue weighted by Gasteiger charge is 2.34. The van der Waals surface area contributed by atoms with E-state index in [2.05, 4.69) is 9.98 Å². The van der Waals surface area contributed by atoms with Gasteiger partial charge in [-0.15, -0.1) is 0 Å². The zero-order valence-corrected chi connectivity index (χ0v) is 19.1. The van der Waals surface area contributed by atoms with Gasteiger partial charge in [-0.3, -0.25) is 4.98 Å². The Morgan fingerprint density at radius 3 is 2.40 bits per heavy atom. The lowest BCUT2D eigenvalue weighted by Gasteiger charge is -2.22. The van der Waals surface area contributed by atoms with Crippen molar-refractivity contribution in [3.8, 4) is 5.75 Å². The minimum atomic E-state index is -3.71. The molecule has 0 amide bonds. The molecule has 0 unspecified atom stereocenters. The average Bonchev–Trinajstić information content (AvgIpc) is 2.66. The maximum absolute atomic E-state index is 13.3. The third-order valence-corrected chi connectivity index (χ3v) is 7.15. The number of aromatic nitrogens is 1. The van der Waals surface area contributed by atoms with Crippen LogP contribution in [0.4, 0.5) is 5.69 Å². The number of benzene rings is 1. The molecule has 30 heavy (non-hydrogen) atoms. The molecule has 1 aromatic carbocycles. The lowest BCUT2D eigenvalue weighted by molar-refractivity contribution is 0.144. The molecular formula is C21H30N4O4S. The third kappa shape index (κ3) is 4.91. The number of methoxy groups -OCH3 is 1. The number of ether oxygens (including phenoxy) is 2. The summed E-state index contributed by atoms with van der Waals surface area (Å²) < 4.78 is 36.2. The predicted octanol–water partition coefficient (Wildman–Crippen LogP) is 3.07. The normalized spacial score (nSPS) is 14.0. The van der Waals surface area contributed by atoms with Crippen LogP contribution < -0.4 is 16.2 Å². The Kier molecular flexibility index (Phi) is 7.10. The van der Waals surface area contributed by atoms with Crippen molar-refractivity contribution in [1.82, 2.24) is 4.98 Å². The standard InChI is InChI=1S/C21H30N4O4S/c1-13(14(2)22)20(23)25-16-7-8-24-17-12-18(29-10-9-28-6)19(11-15(16)17)30(26,27)21(3,4)5/h7-8,11-12H,9-10,22H2,1-6H3,(H2,23,24,25). The molecule has 2 aromatic rings. The van der Waals surface area contributed by atoms with Gasteiger partial charge < -0.3 is 20.9 Å². The molecule has 1 aromatic heterocycles. The van der Waals surface area contributed by atoms with Crippen molar-refractivity contribution >= 4 is 32.3 Å². The van der Waals surface area contributed by atoms with E-state index in [0.29, 0.717) is 34.5 Å². The molecule has 0 bridgehead atoms. The molecule has 8 nitrogen and oxygen atoms in total. The molecule has 0 saturated carbocycles. The Hall–Kier alpha value is -2.65. The smallest absolute Gasteiger partial charge is 0.186 e. The van der Waals surface area contributed by atoms with Crippen LogP contribution in [0.1, 0.15) is 34.6 Å². The molecule has 1 heterocycles. The minimum absolute atomic E-state index is 0.0730. The van der Waals surface area contributed by atoms with Crippen LogP contribution in [-0.2, 0) is 14.6 Å². The van der Waals surface area contributed by atoms with Crippen molar-refractivity contribution in [2.75, 3.05) is 20.3 Å². The van der Waals surface area contributed by atoms with Crippen molar-refractivity contribution in [3.63, 3.8) is 0 Å². The second kappa shape index (κ2) is 9.01. The van der Waals surface area contributed by atoms with Crippen molar-refractivity contribution in [1.29, 1.82) is 0 Å². The topological polar surface area (TPSA) is 130 Å². The molecule has 9 heteroatoms. The molecule has 0 aliphatic rings. The number of pyridine rings is 1. The summed E-state index contributed by atoms with van der Waals surface area (Å²) in [5.74, 6) is 0.480. The first-order chi connectivity index (χ1) is 13.9. The second-order valence-corrected chi connectivity index (χ2v) is 10.6. The van der Waals surface area contributed by atoms with Crippen LogP contribution in [0.15, 0.2) is 45.6 Å². The number of sulfone groups is 1. The number of allylic oxidation sites excluding steroid dienone is 1. The molecule has 164 valence electrons. The van der Waals surface area contributed by atoms with Gasteiger partial charge in [0.05, 0.1) is 22.6 Å². The molecule has 0 atom stereocenters. The highest BCUT2D eigenvalue weighted by Crippen LogP contribution is 2.37. The highest BCUT2D eigenvalue weighted by molar-refractivity contribution is 7.92. The van der Waals surface area contributed by atoms with E-state index in [4.69, 9.17) is 20.9 Å². The summed E-state index contributed by atoms with van der Waals surface area (Å²) in [6.07, 6.45) is 1.58. The first kappa shape index (κ1) is 23.6. The van der Waals surface area contributed by atoms with Gasteiger partial charge in [-0.25, -0.2) is 13.4 Å². The zero-order valence-electron chi connectivity index (χ0n) is 18.3. The quantitative estimate of drug-likeness (QED) is 0.389. The van der Waals surface area contributed by atoms with Crippen LogP contribution in [-0.4, -0.2) is 44.3 Å². The molecule has 0 spiro atoms. The van der Waals surface area contributed by atoms with Gasteiger partial charge in [0.25, 0.3) is 0 Å². The average molecular weight is 435 g/mol. The summed E-state index contributed by atoms with van der Waals surface area (Å²) in [5, 5.41) is 0.546. The van der Waals surface area contributed by atoms with Crippen molar-refractivity contribution in [3.05, 3.63) is 35.7 Å². The summed E-state index contributed by atoms with van der Waals surface area (Å²) in [4.78, 5) is 8.88. The molecular weight excluding hydrogens is 404 g/mol. The Morgan fingerprint density at radius 2 is 1.83 bits per heavy atom. The number of hydrogen-bond donors (Lipinski definition) is 2. The Labute approximate surface area is 177 Å². The van der Waals surface area contributed by atoms with Crippen LogP contribution >= 0.6 is 0 Å². The van der Waals surface area contributed by atoms with Gasteiger partial charge in [-0.2, -0.15) is 0 Å². The van der Waals surface area contributed by atoms with E-state index in [1.54, 1.807) is 66.1 Å². The maximum Gasteiger partial charge on any atom is 0.186 e. The maximum atomic E-state index is 13.3. The summed E-state index contributed by atoms with van der Waals surface area (Å²) in [7, 11) is -2.17. The fourth-order valence-electron chi connectivity index (χ4n) is 2.54. The van der Waals surface area contributed by atoms with E-state index in [1.165, 1.54) is 0 Å². The van der Waals surface area contributed by atoms with Crippen molar-refractivity contribution in [2.24, 2.45) is 16.5 Å².